The zero-order chi connectivity index (χ0) is 5.33. The molecule has 1 saturated carbocycles. The quantitative estimate of drug-likeness (QED) is 0.369. The van der Waals surface area contributed by atoms with Crippen LogP contribution in [0, 0.1) is 0 Å². The predicted molar refractivity (Wildman–Crippen MR) is 29.6 cm³/mol. The number of nitrogens with one attached hydrogen (secondary N) is 1. The van der Waals surface area contributed by atoms with Crippen LogP contribution in [0.5, 0.6) is 0 Å². The molecule has 42 valence electrons. The smallest absolute Gasteiger partial charge is 0.0293 e. The summed E-state index contributed by atoms with van der Waals surface area (Å²) in [6.45, 7) is 2.15. The standard InChI is InChI=1S/C5H12N2/c1-5(7-6)3-2-4-5/h7H,2-4,6H2,1H3. The normalized spacial score (nSPS) is 26.6. The van der Waals surface area contributed by atoms with Crippen LogP contribution in [0.1, 0.15) is 26.2 Å². The van der Waals surface area contributed by atoms with Crippen molar-refractivity contribution in [1.82, 2.24) is 5.43 Å². The van der Waals surface area contributed by atoms with E-state index in [0.717, 1.165) is 0 Å². The van der Waals surface area contributed by atoms with Crippen molar-refractivity contribution in [2.75, 3.05) is 0 Å². The van der Waals surface area contributed by atoms with Gasteiger partial charge in [-0.15, -0.1) is 0 Å². The van der Waals surface area contributed by atoms with Gasteiger partial charge < -0.3 is 0 Å². The highest BCUT2D eigenvalue weighted by Crippen LogP contribution is 2.29. The lowest BCUT2D eigenvalue weighted by Gasteiger charge is -2.37. The van der Waals surface area contributed by atoms with Crippen molar-refractivity contribution in [2.24, 2.45) is 5.84 Å². The molecular formula is C5H12N2. The molecular weight excluding hydrogens is 88.1 g/mol. The molecule has 0 radical (unpaired) electrons. The fourth-order valence-electron chi connectivity index (χ4n) is 0.851. The van der Waals surface area contributed by atoms with E-state index in [1.54, 1.807) is 0 Å². The van der Waals surface area contributed by atoms with Gasteiger partial charge in [-0.05, 0) is 26.2 Å². The molecule has 0 aromatic heterocycles. The van der Waals surface area contributed by atoms with E-state index in [2.05, 4.69) is 12.3 Å². The van der Waals surface area contributed by atoms with Crippen LogP contribution in [0.25, 0.3) is 0 Å². The third kappa shape index (κ3) is 0.763. The first-order valence-corrected chi connectivity index (χ1v) is 2.75. The van der Waals surface area contributed by atoms with E-state index >= 15 is 0 Å². The van der Waals surface area contributed by atoms with Crippen LogP contribution < -0.4 is 11.3 Å². The minimum atomic E-state index is 0.292. The van der Waals surface area contributed by atoms with Crippen molar-refractivity contribution in [3.63, 3.8) is 0 Å². The van der Waals surface area contributed by atoms with Gasteiger partial charge in [-0.25, -0.2) is 0 Å². The number of rotatable bonds is 1. The van der Waals surface area contributed by atoms with Gasteiger partial charge in [0.15, 0.2) is 0 Å². The van der Waals surface area contributed by atoms with E-state index in [1.807, 2.05) is 0 Å². The summed E-state index contributed by atoms with van der Waals surface area (Å²) in [6.07, 6.45) is 3.81. The third-order valence-corrected chi connectivity index (χ3v) is 1.81. The third-order valence-electron chi connectivity index (χ3n) is 1.81. The predicted octanol–water partition coefficient (Wildman–Crippen LogP) is 0.392. The Kier molecular flexibility index (Phi) is 1.05. The fourth-order valence-corrected chi connectivity index (χ4v) is 0.851. The van der Waals surface area contributed by atoms with E-state index in [9.17, 15) is 0 Å². The average Bonchev–Trinajstić information content (AvgIpc) is 1.61. The molecule has 3 N–H and O–H groups in total. The first-order valence-electron chi connectivity index (χ1n) is 2.75. The molecule has 0 aliphatic heterocycles. The molecule has 0 heterocycles. The largest absolute Gasteiger partial charge is 0.271 e. The molecule has 0 atom stereocenters. The zero-order valence-electron chi connectivity index (χ0n) is 4.70. The van der Waals surface area contributed by atoms with Gasteiger partial charge in [-0.1, -0.05) is 0 Å². The Balaban J connectivity index is 2.29. The minimum Gasteiger partial charge on any atom is -0.271 e. The van der Waals surface area contributed by atoms with Crippen LogP contribution in [-0.2, 0) is 0 Å². The van der Waals surface area contributed by atoms with E-state index in [4.69, 9.17) is 5.84 Å². The molecule has 0 unspecified atom stereocenters. The Hall–Kier alpha value is -0.0800. The van der Waals surface area contributed by atoms with Crippen LogP contribution >= 0.6 is 0 Å². The van der Waals surface area contributed by atoms with Crippen LogP contribution in [-0.4, -0.2) is 5.54 Å². The summed E-state index contributed by atoms with van der Waals surface area (Å²) in [5.74, 6) is 5.22. The van der Waals surface area contributed by atoms with Gasteiger partial charge in [0, 0.05) is 5.54 Å². The lowest BCUT2D eigenvalue weighted by Crippen LogP contribution is -2.51. The second-order valence-electron chi connectivity index (χ2n) is 2.56. The molecule has 2 heteroatoms. The maximum atomic E-state index is 5.22. The van der Waals surface area contributed by atoms with Crippen molar-refractivity contribution in [3.8, 4) is 0 Å². The van der Waals surface area contributed by atoms with E-state index in [1.165, 1.54) is 19.3 Å². The molecule has 2 nitrogen and oxygen atoms in total. The summed E-state index contributed by atoms with van der Waals surface area (Å²) in [7, 11) is 0. The maximum absolute atomic E-state index is 5.22. The van der Waals surface area contributed by atoms with Crippen LogP contribution in [0.3, 0.4) is 0 Å². The Morgan fingerprint density at radius 1 is 1.57 bits per heavy atom. The van der Waals surface area contributed by atoms with Gasteiger partial charge in [0.05, 0.1) is 0 Å². The first kappa shape index (κ1) is 5.06. The Morgan fingerprint density at radius 3 is 2.14 bits per heavy atom. The number of hydrogen-bond donors (Lipinski definition) is 2. The van der Waals surface area contributed by atoms with Gasteiger partial charge in [-0.2, -0.15) is 0 Å². The van der Waals surface area contributed by atoms with Crippen LogP contribution in [0.2, 0.25) is 0 Å². The summed E-state index contributed by atoms with van der Waals surface area (Å²) in [5.41, 5.74) is 3.07. The summed E-state index contributed by atoms with van der Waals surface area (Å²) in [6, 6.07) is 0. The molecule has 0 aromatic rings. The monoisotopic (exact) mass is 100 g/mol. The molecule has 0 bridgehead atoms. The number of hydrazine groups is 1. The van der Waals surface area contributed by atoms with Crippen molar-refractivity contribution in [2.45, 2.75) is 31.7 Å². The topological polar surface area (TPSA) is 38.0 Å². The summed E-state index contributed by atoms with van der Waals surface area (Å²) in [4.78, 5) is 0. The van der Waals surface area contributed by atoms with E-state index < -0.39 is 0 Å². The Labute approximate surface area is 44.1 Å². The van der Waals surface area contributed by atoms with Crippen LogP contribution in [0.4, 0.5) is 0 Å². The zero-order valence-corrected chi connectivity index (χ0v) is 4.70. The van der Waals surface area contributed by atoms with Crippen molar-refractivity contribution < 1.29 is 0 Å². The highest BCUT2D eigenvalue weighted by molar-refractivity contribution is 4.88. The van der Waals surface area contributed by atoms with E-state index in [-0.39, 0.29) is 0 Å². The lowest BCUT2D eigenvalue weighted by atomic mass is 9.79. The van der Waals surface area contributed by atoms with Gasteiger partial charge in [0.2, 0.25) is 0 Å². The first-order chi connectivity index (χ1) is 3.27. The van der Waals surface area contributed by atoms with Crippen molar-refractivity contribution >= 4 is 0 Å². The highest BCUT2D eigenvalue weighted by Gasteiger charge is 2.29. The lowest BCUT2D eigenvalue weighted by molar-refractivity contribution is 0.211. The number of nitrogens with two attached hydrogens (primary N) is 1. The SMILES string of the molecule is CC1(NN)CCC1. The molecule has 1 rings (SSSR count). The van der Waals surface area contributed by atoms with E-state index in [0.29, 0.717) is 5.54 Å². The molecule has 7 heavy (non-hydrogen) atoms. The van der Waals surface area contributed by atoms with Gasteiger partial charge >= 0.3 is 0 Å². The molecule has 1 aliphatic rings. The summed E-state index contributed by atoms with van der Waals surface area (Å²) < 4.78 is 0. The Morgan fingerprint density at radius 2 is 2.14 bits per heavy atom. The molecule has 0 saturated heterocycles. The average molecular weight is 100 g/mol. The second-order valence-corrected chi connectivity index (χ2v) is 2.56. The Bertz CT molecular complexity index is 61.0. The molecule has 1 fully saturated rings. The molecule has 0 spiro atoms. The van der Waals surface area contributed by atoms with Gasteiger partial charge in [0.1, 0.15) is 0 Å². The summed E-state index contributed by atoms with van der Waals surface area (Å²) >= 11 is 0. The molecule has 0 amide bonds. The van der Waals surface area contributed by atoms with Gasteiger partial charge in [-0.3, -0.25) is 11.3 Å². The molecule has 0 aromatic carbocycles. The van der Waals surface area contributed by atoms with Crippen LogP contribution in [0.15, 0.2) is 0 Å². The second kappa shape index (κ2) is 1.46. The van der Waals surface area contributed by atoms with Crippen molar-refractivity contribution in [3.05, 3.63) is 0 Å². The fraction of sp³-hybridized carbons (Fsp3) is 1.00. The van der Waals surface area contributed by atoms with Gasteiger partial charge in [0.25, 0.3) is 0 Å². The minimum absolute atomic E-state index is 0.292. The number of hydrogen-bond acceptors (Lipinski definition) is 2. The summed E-state index contributed by atoms with van der Waals surface area (Å²) in [5, 5.41) is 0. The van der Waals surface area contributed by atoms with Crippen molar-refractivity contribution in [1.29, 1.82) is 0 Å². The highest BCUT2D eigenvalue weighted by atomic mass is 15.3. The maximum Gasteiger partial charge on any atom is 0.0293 e. The molecule has 1 aliphatic carbocycles.